The third kappa shape index (κ3) is 5.77. The van der Waals surface area contributed by atoms with Crippen molar-refractivity contribution in [3.63, 3.8) is 0 Å². The minimum atomic E-state index is -4.41. The number of esters is 1. The maximum atomic E-state index is 13.4. The number of rotatable bonds is 1. The molecule has 9 nitrogen and oxygen atoms in total. The second kappa shape index (κ2) is 11.8. The highest BCUT2D eigenvalue weighted by molar-refractivity contribution is 7.91. The molecule has 0 aromatic heterocycles. The average Bonchev–Trinajstić information content (AvgIpc) is 3.11. The number of aliphatic hydroxyl groups excluding tert-OH is 1. The van der Waals surface area contributed by atoms with Crippen molar-refractivity contribution in [2.24, 2.45) is 11.8 Å². The third-order valence-electron chi connectivity index (χ3n) is 9.67. The van der Waals surface area contributed by atoms with E-state index >= 15 is 0 Å². The molecule has 43 heavy (non-hydrogen) atoms. The lowest BCUT2D eigenvalue weighted by Gasteiger charge is -2.45. The van der Waals surface area contributed by atoms with Crippen LogP contribution in [0.5, 0.6) is 5.75 Å². The number of nitrogens with zero attached hydrogens (tertiary/aromatic N) is 1. The summed E-state index contributed by atoms with van der Waals surface area (Å²) in [6.07, 6.45) is 7.53. The van der Waals surface area contributed by atoms with E-state index < -0.39 is 33.3 Å². The first kappa shape index (κ1) is 30.0. The van der Waals surface area contributed by atoms with E-state index in [4.69, 9.17) is 21.1 Å². The van der Waals surface area contributed by atoms with Crippen LogP contribution in [0.4, 0.5) is 5.69 Å². The number of carbonyl (C=O) groups excluding carboxylic acids is 2. The standard InChI is InChI=1S/C32H37ClN2O7S/c1-41-31(38)29-7-3-2-6-27(36)24-11-8-22(24)17-35-18-32(14-4-5-20-15-23(33)10-12-25(20)32)19-42-28-13-9-21(16-26(28)35)30(37)34-43(29,39)40/h2,6,9-10,12-13,15-16,22,24,27,29,36H,3-5,7-8,11,14,17-19H2,1H3,(H,34,37)/b6-2+/t22-,24+,27-,29-,32-/m0/s1. The van der Waals surface area contributed by atoms with Crippen LogP contribution in [0, 0.1) is 11.8 Å². The van der Waals surface area contributed by atoms with Gasteiger partial charge in [-0.3, -0.25) is 9.59 Å². The molecule has 1 fully saturated rings. The molecule has 1 amide bonds. The zero-order chi connectivity index (χ0) is 30.4. The van der Waals surface area contributed by atoms with Gasteiger partial charge in [0.25, 0.3) is 5.91 Å². The van der Waals surface area contributed by atoms with Crippen molar-refractivity contribution >= 4 is 39.2 Å². The summed E-state index contributed by atoms with van der Waals surface area (Å²) >= 11 is 6.37. The van der Waals surface area contributed by atoms with Gasteiger partial charge >= 0.3 is 5.97 Å². The number of carbonyl (C=O) groups is 2. The highest BCUT2D eigenvalue weighted by Gasteiger charge is 2.44. The lowest BCUT2D eigenvalue weighted by atomic mass is 9.68. The molecule has 0 radical (unpaired) electrons. The Kier molecular flexibility index (Phi) is 8.21. The lowest BCUT2D eigenvalue weighted by molar-refractivity contribution is -0.140. The van der Waals surface area contributed by atoms with Crippen LogP contribution in [0.15, 0.2) is 48.6 Å². The van der Waals surface area contributed by atoms with Crippen LogP contribution >= 0.6 is 11.6 Å². The van der Waals surface area contributed by atoms with Gasteiger partial charge in [0.1, 0.15) is 5.75 Å². The quantitative estimate of drug-likeness (QED) is 0.357. The van der Waals surface area contributed by atoms with Crippen molar-refractivity contribution in [1.82, 2.24) is 4.72 Å². The number of benzene rings is 2. The average molecular weight is 629 g/mol. The maximum Gasteiger partial charge on any atom is 0.326 e. The van der Waals surface area contributed by atoms with Crippen LogP contribution in [0.1, 0.15) is 60.0 Å². The van der Waals surface area contributed by atoms with E-state index in [9.17, 15) is 23.1 Å². The van der Waals surface area contributed by atoms with Gasteiger partial charge in [-0.25, -0.2) is 13.1 Å². The number of methoxy groups -OCH3 is 1. The summed E-state index contributed by atoms with van der Waals surface area (Å²) in [4.78, 5) is 28.1. The van der Waals surface area contributed by atoms with E-state index in [1.54, 1.807) is 30.4 Å². The van der Waals surface area contributed by atoms with Crippen LogP contribution in [0.2, 0.25) is 5.02 Å². The number of sulfonamides is 1. The summed E-state index contributed by atoms with van der Waals surface area (Å²) < 4.78 is 39.8. The number of allylic oxidation sites excluding steroid dienone is 1. The molecule has 1 saturated carbocycles. The molecule has 11 heteroatoms. The molecule has 0 unspecified atom stereocenters. The van der Waals surface area contributed by atoms with Crippen LogP contribution < -0.4 is 14.4 Å². The maximum absolute atomic E-state index is 13.4. The highest BCUT2D eigenvalue weighted by Crippen LogP contribution is 2.46. The Morgan fingerprint density at radius 1 is 1.19 bits per heavy atom. The molecule has 2 aromatic carbocycles. The smallest absolute Gasteiger partial charge is 0.326 e. The van der Waals surface area contributed by atoms with Crippen molar-refractivity contribution in [3.8, 4) is 5.75 Å². The Labute approximate surface area is 257 Å². The zero-order valence-electron chi connectivity index (χ0n) is 24.1. The van der Waals surface area contributed by atoms with E-state index in [2.05, 4.69) is 15.7 Å². The van der Waals surface area contributed by atoms with Gasteiger partial charge in [-0.05, 0) is 98.2 Å². The number of halogens is 1. The SMILES string of the molecule is COC(=O)[C@@H]1CC/C=C/[C@H](O)[C@@H]2CC[C@H]2CN2C[C@@]3(CCCc4cc(Cl)ccc43)COc3ccc(cc32)C(=O)NS1(=O)=O. The van der Waals surface area contributed by atoms with Gasteiger partial charge < -0.3 is 19.5 Å². The minimum absolute atomic E-state index is 0.0387. The second-order valence-electron chi connectivity index (χ2n) is 12.3. The van der Waals surface area contributed by atoms with Gasteiger partial charge in [-0.15, -0.1) is 0 Å². The molecule has 2 aromatic rings. The number of hydrogen-bond donors (Lipinski definition) is 2. The fourth-order valence-corrected chi connectivity index (χ4v) is 8.74. The largest absolute Gasteiger partial charge is 0.490 e. The number of ether oxygens (including phenoxy) is 2. The predicted octanol–water partition coefficient (Wildman–Crippen LogP) is 4.15. The summed E-state index contributed by atoms with van der Waals surface area (Å²) in [7, 11) is -3.30. The topological polar surface area (TPSA) is 122 Å². The Bertz CT molecular complexity index is 1560. The molecule has 2 aliphatic carbocycles. The first-order valence-electron chi connectivity index (χ1n) is 14.9. The lowest BCUT2D eigenvalue weighted by Crippen LogP contribution is -2.49. The van der Waals surface area contributed by atoms with Gasteiger partial charge in [0, 0.05) is 29.1 Å². The molecular weight excluding hydrogens is 592 g/mol. The van der Waals surface area contributed by atoms with Gasteiger partial charge in [0.15, 0.2) is 5.25 Å². The van der Waals surface area contributed by atoms with E-state index in [1.165, 1.54) is 11.1 Å². The molecule has 5 atom stereocenters. The highest BCUT2D eigenvalue weighted by atomic mass is 35.5. The van der Waals surface area contributed by atoms with Gasteiger partial charge in [0.05, 0.1) is 25.5 Å². The number of anilines is 1. The van der Waals surface area contributed by atoms with E-state index in [1.807, 2.05) is 12.1 Å². The number of fused-ring (bicyclic) bond motifs is 4. The van der Waals surface area contributed by atoms with Crippen LogP contribution in [0.25, 0.3) is 0 Å². The molecule has 6 rings (SSSR count). The molecule has 4 aliphatic rings. The van der Waals surface area contributed by atoms with Crippen LogP contribution in [0.3, 0.4) is 0 Å². The summed E-state index contributed by atoms with van der Waals surface area (Å²) in [6, 6.07) is 11.0. The number of amides is 1. The summed E-state index contributed by atoms with van der Waals surface area (Å²) in [6.45, 7) is 1.74. The molecule has 0 saturated heterocycles. The van der Waals surface area contributed by atoms with E-state index in [0.29, 0.717) is 36.2 Å². The number of hydrogen-bond acceptors (Lipinski definition) is 8. The van der Waals surface area contributed by atoms with Gasteiger partial charge in [-0.2, -0.15) is 0 Å². The van der Waals surface area contributed by atoms with Crippen LogP contribution in [-0.2, 0) is 31.4 Å². The fourth-order valence-electron chi connectivity index (χ4n) is 7.23. The van der Waals surface area contributed by atoms with E-state index in [0.717, 1.165) is 39.2 Å². The molecule has 2 bridgehead atoms. The number of aliphatic hydroxyl groups is 1. The molecule has 230 valence electrons. The normalized spacial score (nSPS) is 30.9. The zero-order valence-corrected chi connectivity index (χ0v) is 25.7. The Morgan fingerprint density at radius 2 is 2.02 bits per heavy atom. The molecule has 1 spiro atoms. The van der Waals surface area contributed by atoms with Gasteiger partial charge in [0.2, 0.25) is 10.0 Å². The second-order valence-corrected chi connectivity index (χ2v) is 14.6. The molecule has 2 aliphatic heterocycles. The van der Waals surface area contributed by atoms with Gasteiger partial charge in [-0.1, -0.05) is 29.8 Å². The first-order chi connectivity index (χ1) is 20.6. The molecule has 2 heterocycles. The Morgan fingerprint density at radius 3 is 2.79 bits per heavy atom. The Balaban J connectivity index is 1.42. The predicted molar refractivity (Wildman–Crippen MR) is 163 cm³/mol. The fraction of sp³-hybridized carbons (Fsp3) is 0.500. The number of nitrogens with one attached hydrogen (secondary N) is 1. The minimum Gasteiger partial charge on any atom is -0.490 e. The van der Waals surface area contributed by atoms with Crippen molar-refractivity contribution in [2.75, 3.05) is 31.7 Å². The summed E-state index contributed by atoms with van der Waals surface area (Å²) in [5, 5.41) is 10.2. The monoisotopic (exact) mass is 628 g/mol. The van der Waals surface area contributed by atoms with Crippen LogP contribution in [-0.4, -0.2) is 63.6 Å². The third-order valence-corrected chi connectivity index (χ3v) is 11.6. The van der Waals surface area contributed by atoms with Crippen molar-refractivity contribution in [1.29, 1.82) is 0 Å². The summed E-state index contributed by atoms with van der Waals surface area (Å²) in [5.74, 6) is -0.910. The summed E-state index contributed by atoms with van der Waals surface area (Å²) in [5.41, 5.74) is 2.97. The Hall–Kier alpha value is -3.08. The molecular formula is C32H37ClN2O7S. The van der Waals surface area contributed by atoms with Crippen molar-refractivity contribution in [3.05, 3.63) is 70.3 Å². The van der Waals surface area contributed by atoms with E-state index in [-0.39, 0.29) is 35.7 Å². The molecule has 2 N–H and O–H groups in total. The first-order valence-corrected chi connectivity index (χ1v) is 16.8. The van der Waals surface area contributed by atoms with Crippen molar-refractivity contribution < 1.29 is 32.6 Å². The van der Waals surface area contributed by atoms with Crippen molar-refractivity contribution in [2.45, 2.75) is 61.7 Å². The number of aryl methyl sites for hydroxylation is 1.